The predicted octanol–water partition coefficient (Wildman–Crippen LogP) is 2.61. The molecule has 0 aliphatic carbocycles. The van der Waals surface area contributed by atoms with Crippen LogP contribution in [0.4, 0.5) is 0 Å². The lowest BCUT2D eigenvalue weighted by Crippen LogP contribution is -1.99. The first-order valence-corrected chi connectivity index (χ1v) is 4.66. The van der Waals surface area contributed by atoms with Crippen molar-refractivity contribution < 1.29 is 9.53 Å². The molecule has 0 saturated heterocycles. The summed E-state index contributed by atoms with van der Waals surface area (Å²) in [7, 11) is 1.38. The van der Waals surface area contributed by atoms with Crippen LogP contribution >= 0.6 is 27.3 Å². The Morgan fingerprint density at radius 2 is 2.36 bits per heavy atom. The third kappa shape index (κ3) is 1.62. The van der Waals surface area contributed by atoms with E-state index >= 15 is 0 Å². The van der Waals surface area contributed by atoms with Crippen molar-refractivity contribution in [3.05, 3.63) is 20.3 Å². The van der Waals surface area contributed by atoms with E-state index < -0.39 is 0 Å². The Balaban J connectivity index is 3.04. The summed E-state index contributed by atoms with van der Waals surface area (Å²) in [6.45, 7) is 1.88. The highest BCUT2D eigenvalue weighted by Crippen LogP contribution is 2.26. The molecule has 0 atom stereocenters. The number of halogens is 1. The lowest BCUT2D eigenvalue weighted by molar-refractivity contribution is 0.0605. The molecule has 0 N–H and O–H groups in total. The largest absolute Gasteiger partial charge is 0.465 e. The van der Waals surface area contributed by atoms with Gasteiger partial charge in [-0.15, -0.1) is 11.3 Å². The summed E-state index contributed by atoms with van der Waals surface area (Å²) in [6, 6.07) is 0. The van der Waals surface area contributed by atoms with Crippen molar-refractivity contribution in [3.63, 3.8) is 0 Å². The van der Waals surface area contributed by atoms with Gasteiger partial charge in [-0.1, -0.05) is 0 Å². The van der Waals surface area contributed by atoms with E-state index in [2.05, 4.69) is 20.7 Å². The summed E-state index contributed by atoms with van der Waals surface area (Å²) in [5, 5.41) is 1.88. The summed E-state index contributed by atoms with van der Waals surface area (Å²) < 4.78 is 5.54. The fourth-order valence-electron chi connectivity index (χ4n) is 0.690. The second-order valence-corrected chi connectivity index (χ2v) is 3.76. The Kier molecular flexibility index (Phi) is 2.67. The summed E-state index contributed by atoms with van der Waals surface area (Å²) in [5.74, 6) is -0.266. The lowest BCUT2D eigenvalue weighted by Gasteiger charge is -1.95. The maximum absolute atomic E-state index is 11.0. The van der Waals surface area contributed by atoms with E-state index in [1.165, 1.54) is 18.4 Å². The predicted molar refractivity (Wildman–Crippen MR) is 48.1 cm³/mol. The van der Waals surface area contributed by atoms with Crippen LogP contribution in [0, 0.1) is 6.92 Å². The third-order valence-electron chi connectivity index (χ3n) is 1.35. The molecule has 2 nitrogen and oxygen atoms in total. The zero-order chi connectivity index (χ0) is 8.43. The SMILES string of the molecule is COC(=O)c1scc(Br)c1C. The zero-order valence-corrected chi connectivity index (χ0v) is 8.58. The van der Waals surface area contributed by atoms with Gasteiger partial charge in [-0.2, -0.15) is 0 Å². The van der Waals surface area contributed by atoms with Crippen molar-refractivity contribution in [2.24, 2.45) is 0 Å². The van der Waals surface area contributed by atoms with Crippen LogP contribution in [0.3, 0.4) is 0 Å². The topological polar surface area (TPSA) is 26.3 Å². The molecule has 60 valence electrons. The molecule has 0 saturated carbocycles. The molecule has 11 heavy (non-hydrogen) atoms. The first kappa shape index (κ1) is 8.74. The number of hydrogen-bond acceptors (Lipinski definition) is 3. The molecule has 0 unspecified atom stereocenters. The van der Waals surface area contributed by atoms with E-state index in [1.807, 2.05) is 12.3 Å². The van der Waals surface area contributed by atoms with Crippen LogP contribution in [0.1, 0.15) is 15.2 Å². The quantitative estimate of drug-likeness (QED) is 0.699. The molecule has 0 amide bonds. The van der Waals surface area contributed by atoms with Crippen molar-refractivity contribution in [2.75, 3.05) is 7.11 Å². The Morgan fingerprint density at radius 3 is 2.73 bits per heavy atom. The molecule has 4 heteroatoms. The van der Waals surface area contributed by atoms with Gasteiger partial charge in [0.1, 0.15) is 4.88 Å². The van der Waals surface area contributed by atoms with Gasteiger partial charge in [-0.05, 0) is 28.4 Å². The number of thiophene rings is 1. The standard InChI is InChI=1S/C7H7BrO2S/c1-4-5(8)3-11-6(4)7(9)10-2/h3H,1-2H3. The Hall–Kier alpha value is -0.350. The van der Waals surface area contributed by atoms with Gasteiger partial charge in [0.2, 0.25) is 0 Å². The van der Waals surface area contributed by atoms with Gasteiger partial charge in [0, 0.05) is 9.85 Å². The number of carbonyl (C=O) groups excluding carboxylic acids is 1. The van der Waals surface area contributed by atoms with Crippen molar-refractivity contribution in [1.82, 2.24) is 0 Å². The van der Waals surface area contributed by atoms with E-state index in [0.717, 1.165) is 10.0 Å². The smallest absolute Gasteiger partial charge is 0.348 e. The molecule has 1 aromatic heterocycles. The van der Waals surface area contributed by atoms with Crippen LogP contribution in [0.15, 0.2) is 9.85 Å². The fraction of sp³-hybridized carbons (Fsp3) is 0.286. The maximum atomic E-state index is 11.0. The summed E-state index contributed by atoms with van der Waals surface area (Å²) in [4.78, 5) is 11.7. The molecule has 1 heterocycles. The molecule has 1 aromatic rings. The highest BCUT2D eigenvalue weighted by Gasteiger charge is 2.12. The first-order chi connectivity index (χ1) is 5.16. The van der Waals surface area contributed by atoms with E-state index in [-0.39, 0.29) is 5.97 Å². The van der Waals surface area contributed by atoms with Crippen molar-refractivity contribution in [2.45, 2.75) is 6.92 Å². The first-order valence-electron chi connectivity index (χ1n) is 2.98. The Labute approximate surface area is 77.3 Å². The number of hydrogen-bond donors (Lipinski definition) is 0. The maximum Gasteiger partial charge on any atom is 0.348 e. The zero-order valence-electron chi connectivity index (χ0n) is 6.18. The highest BCUT2D eigenvalue weighted by atomic mass is 79.9. The van der Waals surface area contributed by atoms with Gasteiger partial charge in [0.25, 0.3) is 0 Å². The van der Waals surface area contributed by atoms with Crippen LogP contribution in [-0.2, 0) is 4.74 Å². The van der Waals surface area contributed by atoms with Crippen LogP contribution in [0.2, 0.25) is 0 Å². The minimum atomic E-state index is -0.266. The lowest BCUT2D eigenvalue weighted by atomic mass is 10.3. The highest BCUT2D eigenvalue weighted by molar-refractivity contribution is 9.10. The van der Waals surface area contributed by atoms with Crippen LogP contribution in [-0.4, -0.2) is 13.1 Å². The minimum Gasteiger partial charge on any atom is -0.465 e. The Morgan fingerprint density at radius 1 is 1.73 bits per heavy atom. The number of esters is 1. The van der Waals surface area contributed by atoms with Crippen molar-refractivity contribution in [1.29, 1.82) is 0 Å². The fourth-order valence-corrected chi connectivity index (χ4v) is 2.16. The van der Waals surface area contributed by atoms with E-state index in [0.29, 0.717) is 4.88 Å². The number of ether oxygens (including phenoxy) is 1. The second-order valence-electron chi connectivity index (χ2n) is 2.03. The molecule has 0 bridgehead atoms. The van der Waals surface area contributed by atoms with Gasteiger partial charge >= 0.3 is 5.97 Å². The molecular weight excluding hydrogens is 228 g/mol. The average molecular weight is 235 g/mol. The molecule has 0 spiro atoms. The normalized spacial score (nSPS) is 9.73. The molecule has 0 radical (unpaired) electrons. The van der Waals surface area contributed by atoms with Crippen LogP contribution in [0.5, 0.6) is 0 Å². The van der Waals surface area contributed by atoms with Gasteiger partial charge < -0.3 is 4.74 Å². The minimum absolute atomic E-state index is 0.266. The van der Waals surface area contributed by atoms with Crippen LogP contribution < -0.4 is 0 Å². The van der Waals surface area contributed by atoms with Crippen molar-refractivity contribution in [3.8, 4) is 0 Å². The molecule has 0 aromatic carbocycles. The second kappa shape index (κ2) is 3.36. The summed E-state index contributed by atoms with van der Waals surface area (Å²) in [5.41, 5.74) is 0.946. The van der Waals surface area contributed by atoms with Crippen molar-refractivity contribution >= 4 is 33.2 Å². The third-order valence-corrected chi connectivity index (χ3v) is 3.54. The monoisotopic (exact) mass is 234 g/mol. The van der Waals surface area contributed by atoms with Gasteiger partial charge in [-0.3, -0.25) is 0 Å². The molecule has 0 fully saturated rings. The number of rotatable bonds is 1. The van der Waals surface area contributed by atoms with E-state index in [1.54, 1.807) is 0 Å². The van der Waals surface area contributed by atoms with Gasteiger partial charge in [0.15, 0.2) is 0 Å². The number of methoxy groups -OCH3 is 1. The summed E-state index contributed by atoms with van der Waals surface area (Å²) in [6.07, 6.45) is 0. The summed E-state index contributed by atoms with van der Waals surface area (Å²) >= 11 is 4.70. The van der Waals surface area contributed by atoms with E-state index in [9.17, 15) is 4.79 Å². The van der Waals surface area contributed by atoms with Crippen LogP contribution in [0.25, 0.3) is 0 Å². The van der Waals surface area contributed by atoms with Gasteiger partial charge in [0.05, 0.1) is 7.11 Å². The molecular formula is C7H7BrO2S. The van der Waals surface area contributed by atoms with E-state index in [4.69, 9.17) is 0 Å². The molecule has 0 aliphatic heterocycles. The molecule has 1 rings (SSSR count). The molecule has 0 aliphatic rings. The average Bonchev–Trinajstić information content (AvgIpc) is 2.32. The number of carbonyl (C=O) groups is 1. The Bertz CT molecular complexity index is 280. The van der Waals surface area contributed by atoms with Gasteiger partial charge in [-0.25, -0.2) is 4.79 Å².